The number of fused-ring (bicyclic) bond motifs is 1. The number of rotatable bonds is 9. The van der Waals surface area contributed by atoms with E-state index in [0.717, 1.165) is 0 Å². The third-order valence-corrected chi connectivity index (χ3v) is 5.21. The monoisotopic (exact) mass is 450 g/mol. The summed E-state index contributed by atoms with van der Waals surface area (Å²) < 4.78 is 23.3. The number of hydrogen-bond donors (Lipinski definition) is 0. The molecule has 0 fully saturated rings. The molecule has 7 heteroatoms. The van der Waals surface area contributed by atoms with Crippen LogP contribution in [0.1, 0.15) is 54.9 Å². The third-order valence-electron chi connectivity index (χ3n) is 4.97. The summed E-state index contributed by atoms with van der Waals surface area (Å²) in [6, 6.07) is 5.04. The van der Waals surface area contributed by atoms with E-state index in [1.54, 1.807) is 39.0 Å². The number of benzene rings is 2. The number of halogens is 1. The zero-order chi connectivity index (χ0) is 23.3. The largest absolute Gasteiger partial charge is 0.487 e. The Labute approximate surface area is 188 Å². The molecule has 2 rings (SSSR count). The molecule has 170 valence electrons. The minimum absolute atomic E-state index is 0.191. The van der Waals surface area contributed by atoms with E-state index in [-0.39, 0.29) is 35.5 Å². The summed E-state index contributed by atoms with van der Waals surface area (Å²) in [6.07, 6.45) is 0.599. The zero-order valence-electron chi connectivity index (χ0n) is 19.3. The summed E-state index contributed by atoms with van der Waals surface area (Å²) in [5.41, 5.74) is -0.698. The van der Waals surface area contributed by atoms with E-state index in [4.69, 9.17) is 30.5 Å². The average molecular weight is 451 g/mol. The molecule has 6 nitrogen and oxygen atoms in total. The van der Waals surface area contributed by atoms with Gasteiger partial charge in [-0.05, 0) is 52.3 Å². The Kier molecular flexibility index (Phi) is 8.18. The van der Waals surface area contributed by atoms with E-state index in [2.05, 4.69) is 0 Å². The van der Waals surface area contributed by atoms with E-state index in [1.165, 1.54) is 0 Å². The van der Waals surface area contributed by atoms with Crippen LogP contribution in [0.25, 0.3) is 10.8 Å². The molecule has 0 unspecified atom stereocenters. The van der Waals surface area contributed by atoms with Gasteiger partial charge < -0.3 is 18.9 Å². The standard InChI is InChI=1S/C24H31ClO6/c1-8-24(6,7)23(27)31-18-16-12-11-15(25)13-17(16)19(30-22(26)14(4)5)21(29-10-3)20(18)28-9-2/h11-14H,8-10H2,1-7H3. The van der Waals surface area contributed by atoms with Crippen molar-refractivity contribution >= 4 is 34.3 Å². The summed E-state index contributed by atoms with van der Waals surface area (Å²) in [6.45, 7) is 13.2. The van der Waals surface area contributed by atoms with Gasteiger partial charge in [-0.3, -0.25) is 9.59 Å². The van der Waals surface area contributed by atoms with Crippen molar-refractivity contribution in [3.05, 3.63) is 23.2 Å². The molecule has 0 aromatic heterocycles. The highest BCUT2D eigenvalue weighted by molar-refractivity contribution is 6.31. The Morgan fingerprint density at radius 3 is 1.94 bits per heavy atom. The fourth-order valence-electron chi connectivity index (χ4n) is 2.70. The van der Waals surface area contributed by atoms with Crippen molar-refractivity contribution in [3.63, 3.8) is 0 Å². The number of ether oxygens (including phenoxy) is 4. The van der Waals surface area contributed by atoms with Crippen LogP contribution < -0.4 is 18.9 Å². The Hall–Kier alpha value is -2.47. The Balaban J connectivity index is 2.87. The highest BCUT2D eigenvalue weighted by Crippen LogP contribution is 2.52. The predicted molar refractivity (Wildman–Crippen MR) is 121 cm³/mol. The Morgan fingerprint density at radius 1 is 0.903 bits per heavy atom. The number of carbonyl (C=O) groups excluding carboxylic acids is 2. The minimum atomic E-state index is -0.698. The molecule has 0 radical (unpaired) electrons. The Morgan fingerprint density at radius 2 is 1.45 bits per heavy atom. The van der Waals surface area contributed by atoms with Gasteiger partial charge >= 0.3 is 11.9 Å². The van der Waals surface area contributed by atoms with Gasteiger partial charge in [-0.15, -0.1) is 0 Å². The van der Waals surface area contributed by atoms with E-state index in [0.29, 0.717) is 28.8 Å². The topological polar surface area (TPSA) is 71.1 Å². The lowest BCUT2D eigenvalue weighted by Gasteiger charge is -2.24. The molecule has 0 spiro atoms. The van der Waals surface area contributed by atoms with Crippen LogP contribution in [-0.4, -0.2) is 25.2 Å². The molecule has 2 aromatic rings. The summed E-state index contributed by atoms with van der Waals surface area (Å²) in [5, 5.41) is 1.46. The summed E-state index contributed by atoms with van der Waals surface area (Å²) in [4.78, 5) is 25.4. The maximum absolute atomic E-state index is 12.9. The number of esters is 2. The van der Waals surface area contributed by atoms with Crippen LogP contribution in [0.2, 0.25) is 5.02 Å². The molecule has 31 heavy (non-hydrogen) atoms. The first-order valence-electron chi connectivity index (χ1n) is 10.6. The molecule has 0 aliphatic carbocycles. The van der Waals surface area contributed by atoms with Crippen LogP contribution in [0.4, 0.5) is 0 Å². The second kappa shape index (κ2) is 10.2. The average Bonchev–Trinajstić information content (AvgIpc) is 2.72. The van der Waals surface area contributed by atoms with Gasteiger partial charge in [-0.25, -0.2) is 0 Å². The Bertz CT molecular complexity index is 964. The molecular weight excluding hydrogens is 420 g/mol. The van der Waals surface area contributed by atoms with Crippen molar-refractivity contribution in [3.8, 4) is 23.0 Å². The van der Waals surface area contributed by atoms with E-state index >= 15 is 0 Å². The van der Waals surface area contributed by atoms with Gasteiger partial charge in [0.15, 0.2) is 11.5 Å². The molecule has 0 atom stereocenters. The van der Waals surface area contributed by atoms with E-state index in [1.807, 2.05) is 27.7 Å². The molecule has 0 aliphatic rings. The van der Waals surface area contributed by atoms with Crippen LogP contribution in [-0.2, 0) is 9.59 Å². The second-order valence-electron chi connectivity index (χ2n) is 8.08. The first-order chi connectivity index (χ1) is 14.6. The van der Waals surface area contributed by atoms with Crippen LogP contribution in [0.15, 0.2) is 18.2 Å². The fourth-order valence-corrected chi connectivity index (χ4v) is 2.87. The highest BCUT2D eigenvalue weighted by Gasteiger charge is 2.32. The molecule has 0 saturated heterocycles. The zero-order valence-corrected chi connectivity index (χ0v) is 20.0. The van der Waals surface area contributed by atoms with Crippen molar-refractivity contribution in [1.29, 1.82) is 0 Å². The van der Waals surface area contributed by atoms with Gasteiger partial charge in [-0.2, -0.15) is 0 Å². The SMILES string of the molecule is CCOc1c(OCC)c(OC(=O)C(C)(C)CC)c2ccc(Cl)cc2c1OC(=O)C(C)C. The van der Waals surface area contributed by atoms with Crippen LogP contribution in [0.3, 0.4) is 0 Å². The van der Waals surface area contributed by atoms with Crippen molar-refractivity contribution in [2.75, 3.05) is 13.2 Å². The quantitative estimate of drug-likeness (QED) is 0.335. The summed E-state index contributed by atoms with van der Waals surface area (Å²) in [5.74, 6) is -0.370. The van der Waals surface area contributed by atoms with E-state index in [9.17, 15) is 9.59 Å². The summed E-state index contributed by atoms with van der Waals surface area (Å²) >= 11 is 6.25. The maximum Gasteiger partial charge on any atom is 0.317 e. The van der Waals surface area contributed by atoms with Gasteiger partial charge in [0.25, 0.3) is 0 Å². The third kappa shape index (κ3) is 5.42. The molecule has 0 heterocycles. The molecule has 0 aliphatic heterocycles. The van der Waals surface area contributed by atoms with Crippen LogP contribution >= 0.6 is 11.6 Å². The van der Waals surface area contributed by atoms with Gasteiger partial charge in [0.2, 0.25) is 11.5 Å². The first kappa shape index (κ1) is 24.8. The minimum Gasteiger partial charge on any atom is -0.487 e. The van der Waals surface area contributed by atoms with Crippen molar-refractivity contribution in [2.45, 2.75) is 54.9 Å². The predicted octanol–water partition coefficient (Wildman–Crippen LogP) is 6.19. The van der Waals surface area contributed by atoms with Crippen LogP contribution in [0.5, 0.6) is 23.0 Å². The van der Waals surface area contributed by atoms with Gasteiger partial charge in [0.05, 0.1) is 24.5 Å². The fraction of sp³-hybridized carbons (Fsp3) is 0.500. The lowest BCUT2D eigenvalue weighted by Crippen LogP contribution is -2.28. The molecule has 0 amide bonds. The van der Waals surface area contributed by atoms with Crippen molar-refractivity contribution < 1.29 is 28.5 Å². The normalized spacial score (nSPS) is 11.5. The molecule has 0 bridgehead atoms. The van der Waals surface area contributed by atoms with Gasteiger partial charge in [-0.1, -0.05) is 32.4 Å². The lowest BCUT2D eigenvalue weighted by atomic mass is 9.90. The molecule has 0 N–H and O–H groups in total. The van der Waals surface area contributed by atoms with Crippen LogP contribution in [0, 0.1) is 11.3 Å². The molecule has 2 aromatic carbocycles. The van der Waals surface area contributed by atoms with Gasteiger partial charge in [0, 0.05) is 15.8 Å². The number of carbonyl (C=O) groups is 2. The van der Waals surface area contributed by atoms with E-state index < -0.39 is 17.4 Å². The second-order valence-corrected chi connectivity index (χ2v) is 8.51. The van der Waals surface area contributed by atoms with Crippen molar-refractivity contribution in [2.24, 2.45) is 11.3 Å². The summed E-state index contributed by atoms with van der Waals surface area (Å²) in [7, 11) is 0. The number of hydrogen-bond acceptors (Lipinski definition) is 6. The highest BCUT2D eigenvalue weighted by atomic mass is 35.5. The van der Waals surface area contributed by atoms with Crippen molar-refractivity contribution in [1.82, 2.24) is 0 Å². The smallest absolute Gasteiger partial charge is 0.317 e. The first-order valence-corrected chi connectivity index (χ1v) is 10.9. The van der Waals surface area contributed by atoms with Gasteiger partial charge in [0.1, 0.15) is 0 Å². The lowest BCUT2D eigenvalue weighted by molar-refractivity contribution is -0.144. The molecular formula is C24H31ClO6. The molecule has 0 saturated carbocycles. The maximum atomic E-state index is 12.9.